The molecular weight excluding hydrogens is 328 g/mol. The van der Waals surface area contributed by atoms with Crippen LogP contribution in [0, 0.1) is 10.1 Å². The molecule has 0 bridgehead atoms. The molecule has 1 aromatic carbocycles. The third kappa shape index (κ3) is 3.70. The molecule has 0 saturated heterocycles. The molecule has 2 atom stereocenters. The van der Waals surface area contributed by atoms with Gasteiger partial charge in [0, 0.05) is 23.9 Å². The van der Waals surface area contributed by atoms with E-state index in [1.165, 1.54) is 25.3 Å². The van der Waals surface area contributed by atoms with Crippen molar-refractivity contribution in [2.24, 2.45) is 0 Å². The van der Waals surface area contributed by atoms with E-state index in [1.807, 2.05) is 17.8 Å². The van der Waals surface area contributed by atoms with Crippen LogP contribution in [0.25, 0.3) is 0 Å². The minimum Gasteiger partial charge on any atom is -0.310 e. The zero-order valence-corrected chi connectivity index (χ0v) is 13.2. The molecule has 0 amide bonds. The lowest BCUT2D eigenvalue weighted by Gasteiger charge is -2.13. The average Bonchev–Trinajstić information content (AvgIpc) is 2.85. The predicted molar refractivity (Wildman–Crippen MR) is 82.6 cm³/mol. The predicted octanol–water partition coefficient (Wildman–Crippen LogP) is 3.73. The smallest absolute Gasteiger partial charge is 0.283 e. The molecule has 0 radical (unpaired) electrons. The SMILES string of the molecule is CSC1CCC(NCc2cccc([N+](=O)[O-])c2Br)C1. The molecule has 1 saturated carbocycles. The summed E-state index contributed by atoms with van der Waals surface area (Å²) in [5.41, 5.74) is 1.08. The summed E-state index contributed by atoms with van der Waals surface area (Å²) in [5.74, 6) is 0. The molecular formula is C13H17BrN2O2S. The Morgan fingerprint density at radius 2 is 2.32 bits per heavy atom. The van der Waals surface area contributed by atoms with Gasteiger partial charge in [0.05, 0.1) is 9.40 Å². The third-order valence-electron chi connectivity index (χ3n) is 3.55. The number of rotatable bonds is 5. The van der Waals surface area contributed by atoms with E-state index >= 15 is 0 Å². The first kappa shape index (κ1) is 14.8. The highest BCUT2D eigenvalue weighted by atomic mass is 79.9. The van der Waals surface area contributed by atoms with Gasteiger partial charge in [-0.1, -0.05) is 12.1 Å². The van der Waals surface area contributed by atoms with Gasteiger partial charge >= 0.3 is 0 Å². The van der Waals surface area contributed by atoms with Gasteiger partial charge in [0.2, 0.25) is 0 Å². The molecule has 19 heavy (non-hydrogen) atoms. The number of nitrogens with one attached hydrogen (secondary N) is 1. The molecule has 0 aromatic heterocycles. The molecule has 2 rings (SSSR count). The summed E-state index contributed by atoms with van der Waals surface area (Å²) in [4.78, 5) is 10.5. The summed E-state index contributed by atoms with van der Waals surface area (Å²) >= 11 is 5.26. The fraction of sp³-hybridized carbons (Fsp3) is 0.538. The maximum absolute atomic E-state index is 10.9. The molecule has 6 heteroatoms. The second-order valence-corrected chi connectivity index (χ2v) is 6.69. The van der Waals surface area contributed by atoms with E-state index in [4.69, 9.17) is 0 Å². The summed E-state index contributed by atoms with van der Waals surface area (Å²) in [7, 11) is 0. The molecule has 0 spiro atoms. The lowest BCUT2D eigenvalue weighted by molar-refractivity contribution is -0.385. The van der Waals surface area contributed by atoms with Crippen molar-refractivity contribution in [1.82, 2.24) is 5.32 Å². The van der Waals surface area contributed by atoms with Crippen LogP contribution >= 0.6 is 27.7 Å². The quantitative estimate of drug-likeness (QED) is 0.653. The van der Waals surface area contributed by atoms with Crippen LogP contribution in [-0.4, -0.2) is 22.5 Å². The molecule has 0 aliphatic heterocycles. The largest absolute Gasteiger partial charge is 0.310 e. The first-order chi connectivity index (χ1) is 9.11. The summed E-state index contributed by atoms with van der Waals surface area (Å²) in [6, 6.07) is 5.71. The Labute approximate surface area is 125 Å². The Morgan fingerprint density at radius 1 is 1.53 bits per heavy atom. The summed E-state index contributed by atoms with van der Waals surface area (Å²) in [6.07, 6.45) is 5.80. The number of thioether (sulfide) groups is 1. The van der Waals surface area contributed by atoms with Gasteiger partial charge in [-0.3, -0.25) is 10.1 Å². The normalized spacial score (nSPS) is 22.6. The molecule has 104 valence electrons. The number of hydrogen-bond acceptors (Lipinski definition) is 4. The van der Waals surface area contributed by atoms with E-state index in [1.54, 1.807) is 6.07 Å². The van der Waals surface area contributed by atoms with Gasteiger partial charge in [0.15, 0.2) is 0 Å². The highest BCUT2D eigenvalue weighted by Crippen LogP contribution is 2.30. The Kier molecular flexibility index (Phi) is 5.24. The maximum Gasteiger partial charge on any atom is 0.283 e. The third-order valence-corrected chi connectivity index (χ3v) is 5.56. The van der Waals surface area contributed by atoms with Crippen LogP contribution in [0.3, 0.4) is 0 Å². The molecule has 1 N–H and O–H groups in total. The minimum absolute atomic E-state index is 0.132. The molecule has 1 aromatic rings. The number of halogens is 1. The second kappa shape index (κ2) is 6.72. The monoisotopic (exact) mass is 344 g/mol. The number of nitro benzene ring substituents is 1. The van der Waals surface area contributed by atoms with Crippen LogP contribution in [0.15, 0.2) is 22.7 Å². The van der Waals surface area contributed by atoms with Crippen molar-refractivity contribution in [3.8, 4) is 0 Å². The van der Waals surface area contributed by atoms with Gasteiger partial charge in [-0.25, -0.2) is 0 Å². The zero-order valence-electron chi connectivity index (χ0n) is 10.8. The van der Waals surface area contributed by atoms with Gasteiger partial charge < -0.3 is 5.32 Å². The van der Waals surface area contributed by atoms with Crippen molar-refractivity contribution in [3.05, 3.63) is 38.3 Å². The number of nitro groups is 1. The standard InChI is InChI=1S/C13H17BrN2O2S/c1-19-11-6-5-10(7-11)15-8-9-3-2-4-12(13(9)14)16(17)18/h2-4,10-11,15H,5-8H2,1H3. The lowest BCUT2D eigenvalue weighted by Crippen LogP contribution is -2.26. The van der Waals surface area contributed by atoms with E-state index in [-0.39, 0.29) is 10.6 Å². The van der Waals surface area contributed by atoms with Crippen LogP contribution in [0.2, 0.25) is 0 Å². The second-order valence-electron chi connectivity index (χ2n) is 4.76. The van der Waals surface area contributed by atoms with Crippen molar-refractivity contribution in [1.29, 1.82) is 0 Å². The van der Waals surface area contributed by atoms with Crippen LogP contribution < -0.4 is 5.32 Å². The average molecular weight is 345 g/mol. The van der Waals surface area contributed by atoms with Gasteiger partial charge in [0.1, 0.15) is 0 Å². The number of nitrogens with zero attached hydrogens (tertiary/aromatic N) is 1. The first-order valence-corrected chi connectivity index (χ1v) is 8.38. The summed E-state index contributed by atoms with van der Waals surface area (Å²) in [6.45, 7) is 0.675. The molecule has 2 unspecified atom stereocenters. The van der Waals surface area contributed by atoms with E-state index in [0.29, 0.717) is 17.1 Å². The van der Waals surface area contributed by atoms with Crippen molar-refractivity contribution >= 4 is 33.4 Å². The fourth-order valence-electron chi connectivity index (χ4n) is 2.44. The van der Waals surface area contributed by atoms with Crippen molar-refractivity contribution in [3.63, 3.8) is 0 Å². The Bertz CT molecular complexity index is 470. The zero-order chi connectivity index (χ0) is 13.8. The van der Waals surface area contributed by atoms with Crippen LogP contribution in [0.1, 0.15) is 24.8 Å². The topological polar surface area (TPSA) is 55.2 Å². The molecule has 1 aliphatic carbocycles. The van der Waals surface area contributed by atoms with Gasteiger partial charge in [-0.2, -0.15) is 11.8 Å². The summed E-state index contributed by atoms with van der Waals surface area (Å²) in [5, 5.41) is 15.1. The Hall–Kier alpha value is -0.590. The van der Waals surface area contributed by atoms with Crippen LogP contribution in [0.5, 0.6) is 0 Å². The van der Waals surface area contributed by atoms with E-state index < -0.39 is 0 Å². The van der Waals surface area contributed by atoms with E-state index in [9.17, 15) is 10.1 Å². The van der Waals surface area contributed by atoms with Crippen molar-refractivity contribution in [2.75, 3.05) is 6.26 Å². The lowest BCUT2D eigenvalue weighted by atomic mass is 10.2. The molecule has 1 fully saturated rings. The van der Waals surface area contributed by atoms with Gasteiger partial charge in [0.25, 0.3) is 5.69 Å². The molecule has 4 nitrogen and oxygen atoms in total. The Balaban J connectivity index is 1.97. The van der Waals surface area contributed by atoms with Crippen LogP contribution in [-0.2, 0) is 6.54 Å². The fourth-order valence-corrected chi connectivity index (χ4v) is 3.78. The number of hydrogen-bond donors (Lipinski definition) is 1. The summed E-state index contributed by atoms with van der Waals surface area (Å²) < 4.78 is 0.590. The highest BCUT2D eigenvalue weighted by molar-refractivity contribution is 9.10. The number of benzene rings is 1. The van der Waals surface area contributed by atoms with Gasteiger partial charge in [-0.15, -0.1) is 0 Å². The Morgan fingerprint density at radius 3 is 2.95 bits per heavy atom. The first-order valence-electron chi connectivity index (χ1n) is 6.29. The van der Waals surface area contributed by atoms with E-state index in [2.05, 4.69) is 27.5 Å². The van der Waals surface area contributed by atoms with E-state index in [0.717, 1.165) is 10.8 Å². The minimum atomic E-state index is -0.354. The van der Waals surface area contributed by atoms with Crippen molar-refractivity contribution in [2.45, 2.75) is 37.1 Å². The van der Waals surface area contributed by atoms with Crippen LogP contribution in [0.4, 0.5) is 5.69 Å². The van der Waals surface area contributed by atoms with Crippen molar-refractivity contribution < 1.29 is 4.92 Å². The highest BCUT2D eigenvalue weighted by Gasteiger charge is 2.24. The molecule has 0 heterocycles. The molecule has 1 aliphatic rings. The maximum atomic E-state index is 10.9. The van der Waals surface area contributed by atoms with Gasteiger partial charge in [-0.05, 0) is 47.0 Å².